The molecule has 11 heteroatoms. The smallest absolute Gasteiger partial charge is 0.417 e. The molecule has 0 atom stereocenters. The van der Waals surface area contributed by atoms with Crippen molar-refractivity contribution in [1.82, 2.24) is 9.78 Å². The van der Waals surface area contributed by atoms with Gasteiger partial charge in [-0.25, -0.2) is 4.79 Å². The number of hydrogen-bond donors (Lipinski definition) is 1. The number of hydrogen-bond acceptors (Lipinski definition) is 5. The van der Waals surface area contributed by atoms with Gasteiger partial charge < -0.3 is 9.84 Å². The molecule has 0 unspecified atom stereocenters. The van der Waals surface area contributed by atoms with Crippen LogP contribution in [0.15, 0.2) is 84.9 Å². The van der Waals surface area contributed by atoms with Crippen molar-refractivity contribution >= 4 is 34.4 Å². The van der Waals surface area contributed by atoms with E-state index in [0.717, 1.165) is 22.4 Å². The number of carbonyl (C=O) groups is 2. The van der Waals surface area contributed by atoms with Crippen LogP contribution in [0.2, 0.25) is 5.02 Å². The van der Waals surface area contributed by atoms with Crippen LogP contribution in [0.3, 0.4) is 0 Å². The van der Waals surface area contributed by atoms with Gasteiger partial charge in [-0.3, -0.25) is 4.79 Å². The number of carbonyl (C=O) groups excluding carboxylic acids is 1. The minimum Gasteiger partial charge on any atom is -0.488 e. The molecule has 5 rings (SSSR count). The van der Waals surface area contributed by atoms with E-state index in [-0.39, 0.29) is 45.6 Å². The van der Waals surface area contributed by atoms with Crippen LogP contribution in [0.1, 0.15) is 37.4 Å². The summed E-state index contributed by atoms with van der Waals surface area (Å²) in [4.78, 5) is 25.3. The number of nitriles is 1. The molecule has 0 saturated carbocycles. The van der Waals surface area contributed by atoms with Gasteiger partial charge in [0.05, 0.1) is 38.9 Å². The number of halogens is 4. The maximum atomic E-state index is 13.8. The third-order valence-electron chi connectivity index (χ3n) is 6.26. The molecule has 204 valence electrons. The lowest BCUT2D eigenvalue weighted by atomic mass is 10.0. The van der Waals surface area contributed by atoms with Crippen molar-refractivity contribution in [3.05, 3.63) is 118 Å². The molecule has 0 radical (unpaired) electrons. The fourth-order valence-corrected chi connectivity index (χ4v) is 4.59. The first-order chi connectivity index (χ1) is 19.6. The molecule has 0 fully saturated rings. The first-order valence-electron chi connectivity index (χ1n) is 12.0. The molecule has 0 aliphatic heterocycles. The van der Waals surface area contributed by atoms with E-state index in [4.69, 9.17) is 16.3 Å². The highest BCUT2D eigenvalue weighted by Crippen LogP contribution is 2.39. The highest BCUT2D eigenvalue weighted by Gasteiger charge is 2.37. The third kappa shape index (κ3) is 5.35. The summed E-state index contributed by atoms with van der Waals surface area (Å²) in [7, 11) is 0. The molecule has 0 aliphatic carbocycles. The summed E-state index contributed by atoms with van der Waals surface area (Å²) >= 11 is 6.09. The Morgan fingerprint density at radius 3 is 2.44 bits per heavy atom. The van der Waals surface area contributed by atoms with E-state index in [0.29, 0.717) is 0 Å². The van der Waals surface area contributed by atoms with Crippen molar-refractivity contribution in [1.29, 1.82) is 5.26 Å². The number of ether oxygens (including phenoxy) is 1. The molecule has 5 aromatic rings. The van der Waals surface area contributed by atoms with E-state index < -0.39 is 34.2 Å². The number of aromatic nitrogens is 2. The second-order valence-corrected chi connectivity index (χ2v) is 9.27. The van der Waals surface area contributed by atoms with E-state index in [1.54, 1.807) is 12.1 Å². The van der Waals surface area contributed by atoms with E-state index in [2.05, 4.69) is 5.10 Å². The number of alkyl halides is 3. The summed E-state index contributed by atoms with van der Waals surface area (Å²) in [6, 6.07) is 22.3. The number of rotatable bonds is 6. The SMILES string of the molecule is N#Cc1ccc2c(c1)c(-c1ccc(C(=O)O)cc1OCc1ccccc1)nn2C(=O)c1c(Cl)cccc1C(F)(F)F. The highest BCUT2D eigenvalue weighted by atomic mass is 35.5. The minimum absolute atomic E-state index is 0.0620. The average molecular weight is 576 g/mol. The zero-order valence-electron chi connectivity index (χ0n) is 20.8. The van der Waals surface area contributed by atoms with Gasteiger partial charge in [0, 0.05) is 10.9 Å². The van der Waals surface area contributed by atoms with Gasteiger partial charge in [-0.15, -0.1) is 0 Å². The lowest BCUT2D eigenvalue weighted by molar-refractivity contribution is -0.137. The fourth-order valence-electron chi connectivity index (χ4n) is 4.33. The van der Waals surface area contributed by atoms with Crippen LogP contribution in [0.5, 0.6) is 5.75 Å². The van der Waals surface area contributed by atoms with Crippen molar-refractivity contribution in [2.45, 2.75) is 12.8 Å². The maximum Gasteiger partial charge on any atom is 0.417 e. The summed E-state index contributed by atoms with van der Waals surface area (Å²) in [6.07, 6.45) is -4.87. The van der Waals surface area contributed by atoms with Gasteiger partial charge >= 0.3 is 12.1 Å². The lowest BCUT2D eigenvalue weighted by Crippen LogP contribution is -2.20. The van der Waals surface area contributed by atoms with E-state index in [1.807, 2.05) is 24.3 Å². The van der Waals surface area contributed by atoms with Gasteiger partial charge in [0.25, 0.3) is 5.91 Å². The highest BCUT2D eigenvalue weighted by molar-refractivity contribution is 6.34. The molecule has 41 heavy (non-hydrogen) atoms. The van der Waals surface area contributed by atoms with Crippen molar-refractivity contribution in [3.8, 4) is 23.1 Å². The largest absolute Gasteiger partial charge is 0.488 e. The molecule has 1 heterocycles. The van der Waals surface area contributed by atoms with Crippen molar-refractivity contribution < 1.29 is 32.6 Å². The number of aromatic carboxylic acids is 1. The second-order valence-electron chi connectivity index (χ2n) is 8.86. The Morgan fingerprint density at radius 1 is 1.00 bits per heavy atom. The van der Waals surface area contributed by atoms with Crippen LogP contribution in [0, 0.1) is 11.3 Å². The Balaban J connectivity index is 1.72. The molecule has 0 saturated heterocycles. The van der Waals surface area contributed by atoms with Crippen molar-refractivity contribution in [3.63, 3.8) is 0 Å². The van der Waals surface area contributed by atoms with E-state index in [9.17, 15) is 33.1 Å². The zero-order chi connectivity index (χ0) is 29.3. The summed E-state index contributed by atoms with van der Waals surface area (Å²) in [5.74, 6) is -2.25. The average Bonchev–Trinajstić information content (AvgIpc) is 3.34. The number of benzene rings is 4. The van der Waals surface area contributed by atoms with Crippen LogP contribution < -0.4 is 4.74 Å². The summed E-state index contributed by atoms with van der Waals surface area (Å²) in [6.45, 7) is 0.0620. The first-order valence-corrected chi connectivity index (χ1v) is 12.3. The van der Waals surface area contributed by atoms with E-state index in [1.165, 1.54) is 42.5 Å². The lowest BCUT2D eigenvalue weighted by Gasteiger charge is -2.13. The van der Waals surface area contributed by atoms with Crippen molar-refractivity contribution in [2.75, 3.05) is 0 Å². The predicted octanol–water partition coefficient (Wildman–Crippen LogP) is 7.21. The Bertz CT molecular complexity index is 1860. The summed E-state index contributed by atoms with van der Waals surface area (Å²) in [5, 5.41) is 23.3. The Hall–Kier alpha value is -5.14. The Labute approximate surface area is 235 Å². The topological polar surface area (TPSA) is 105 Å². The molecule has 0 amide bonds. The first kappa shape index (κ1) is 27.4. The minimum atomic E-state index is -4.87. The number of carboxylic acids is 1. The second kappa shape index (κ2) is 10.8. The molecular formula is C30H17ClF3N3O4. The molecule has 7 nitrogen and oxygen atoms in total. The third-order valence-corrected chi connectivity index (χ3v) is 6.57. The zero-order valence-corrected chi connectivity index (χ0v) is 21.6. The molecule has 1 N–H and O–H groups in total. The van der Waals surface area contributed by atoms with Gasteiger partial charge in [0.1, 0.15) is 18.1 Å². The molecule has 4 aromatic carbocycles. The van der Waals surface area contributed by atoms with Crippen molar-refractivity contribution in [2.24, 2.45) is 0 Å². The van der Waals surface area contributed by atoms with Crippen LogP contribution in [-0.4, -0.2) is 26.8 Å². The molecule has 0 bridgehead atoms. The molecule has 0 aliphatic rings. The van der Waals surface area contributed by atoms with Crippen LogP contribution in [-0.2, 0) is 12.8 Å². The van der Waals surface area contributed by atoms with Gasteiger partial charge in [-0.2, -0.15) is 28.2 Å². The monoisotopic (exact) mass is 575 g/mol. The van der Waals surface area contributed by atoms with Gasteiger partial charge in [-0.1, -0.05) is 48.0 Å². The molecule has 1 aromatic heterocycles. The normalized spacial score (nSPS) is 11.3. The standard InChI is InChI=1S/C30H17ClF3N3O4/c31-23-8-4-7-22(30(32,33)34)26(23)28(38)37-24-12-9-18(15-35)13-21(24)27(36-37)20-11-10-19(29(39)40)14-25(20)41-16-17-5-2-1-3-6-17/h1-14H,16H2,(H,39,40). The van der Waals surface area contributed by atoms with Gasteiger partial charge in [-0.05, 0) is 54.1 Å². The predicted molar refractivity (Wildman–Crippen MR) is 144 cm³/mol. The summed E-state index contributed by atoms with van der Waals surface area (Å²) < 4.78 is 48.2. The quantitative estimate of drug-likeness (QED) is 0.229. The van der Waals surface area contributed by atoms with E-state index >= 15 is 0 Å². The van der Waals surface area contributed by atoms with Crippen LogP contribution in [0.4, 0.5) is 13.2 Å². The molecule has 0 spiro atoms. The Morgan fingerprint density at radius 2 is 1.76 bits per heavy atom. The Kier molecular flexibility index (Phi) is 7.22. The number of nitrogens with zero attached hydrogens (tertiary/aromatic N) is 3. The number of fused-ring (bicyclic) bond motifs is 1. The van der Waals surface area contributed by atoms with Crippen LogP contribution >= 0.6 is 11.6 Å². The molecular weight excluding hydrogens is 559 g/mol. The fraction of sp³-hybridized carbons (Fsp3) is 0.0667. The van der Waals surface area contributed by atoms with Gasteiger partial charge in [0.2, 0.25) is 0 Å². The summed E-state index contributed by atoms with van der Waals surface area (Å²) in [5.41, 5.74) is -0.661. The van der Waals surface area contributed by atoms with Crippen LogP contribution in [0.25, 0.3) is 22.2 Å². The number of carboxylic acid groups (broad SMARTS) is 1. The van der Waals surface area contributed by atoms with Gasteiger partial charge in [0.15, 0.2) is 0 Å². The maximum absolute atomic E-state index is 13.8.